The fraction of sp³-hybridized carbons (Fsp3) is 0.471. The minimum absolute atomic E-state index is 0.307. The first kappa shape index (κ1) is 16.2. The van der Waals surface area contributed by atoms with Gasteiger partial charge in [-0.05, 0) is 53.2 Å². The van der Waals surface area contributed by atoms with Crippen molar-refractivity contribution >= 4 is 12.6 Å². The smallest absolute Gasteiger partial charge is 0.399 e. The number of rotatable bonds is 2. The van der Waals surface area contributed by atoms with Gasteiger partial charge < -0.3 is 13.8 Å². The molecule has 0 aliphatic carbocycles. The van der Waals surface area contributed by atoms with Crippen LogP contribution in [0.3, 0.4) is 0 Å². The Morgan fingerprint density at radius 2 is 1.65 bits per heavy atom. The molecule has 1 saturated heterocycles. The molecule has 0 saturated carbocycles. The average Bonchev–Trinajstić information content (AvgIpc) is 2.91. The van der Waals surface area contributed by atoms with Gasteiger partial charge in [-0.25, -0.2) is 4.39 Å². The van der Waals surface area contributed by atoms with Crippen molar-refractivity contribution in [3.63, 3.8) is 0 Å². The van der Waals surface area contributed by atoms with Crippen LogP contribution in [0.1, 0.15) is 39.0 Å². The molecule has 4 nitrogen and oxygen atoms in total. The van der Waals surface area contributed by atoms with E-state index >= 15 is 0 Å². The average molecular weight is 317 g/mol. The molecule has 23 heavy (non-hydrogen) atoms. The van der Waals surface area contributed by atoms with Crippen LogP contribution in [-0.4, -0.2) is 23.5 Å². The first-order chi connectivity index (χ1) is 10.6. The highest BCUT2D eigenvalue weighted by Crippen LogP contribution is 2.37. The number of aromatic nitrogens is 1. The highest BCUT2D eigenvalue weighted by atomic mass is 19.1. The molecule has 2 heterocycles. The van der Waals surface area contributed by atoms with Crippen molar-refractivity contribution in [1.29, 1.82) is 0 Å². The molecule has 2 aromatic rings. The van der Waals surface area contributed by atoms with E-state index in [4.69, 9.17) is 13.8 Å². The Bertz CT molecular complexity index is 738. The van der Waals surface area contributed by atoms with Gasteiger partial charge in [0, 0.05) is 5.56 Å². The van der Waals surface area contributed by atoms with Crippen molar-refractivity contribution < 1.29 is 18.2 Å². The molecule has 0 N–H and O–H groups in total. The maximum Gasteiger partial charge on any atom is 0.500 e. The molecule has 1 fully saturated rings. The Morgan fingerprint density at radius 3 is 2.26 bits per heavy atom. The van der Waals surface area contributed by atoms with Crippen LogP contribution in [0.25, 0.3) is 11.3 Å². The fourth-order valence-electron chi connectivity index (χ4n) is 2.64. The maximum atomic E-state index is 14.5. The lowest BCUT2D eigenvalue weighted by Crippen LogP contribution is -2.41. The Morgan fingerprint density at radius 1 is 1.04 bits per heavy atom. The van der Waals surface area contributed by atoms with Crippen LogP contribution in [0, 0.1) is 19.7 Å². The zero-order chi connectivity index (χ0) is 17.0. The second-order valence-corrected chi connectivity index (χ2v) is 7.03. The van der Waals surface area contributed by atoms with Gasteiger partial charge in [0.2, 0.25) is 0 Å². The molecule has 122 valence electrons. The molecule has 0 amide bonds. The first-order valence-electron chi connectivity index (χ1n) is 7.71. The molecule has 6 heteroatoms. The van der Waals surface area contributed by atoms with Gasteiger partial charge in [-0.1, -0.05) is 17.3 Å². The summed E-state index contributed by atoms with van der Waals surface area (Å²) >= 11 is 0. The van der Waals surface area contributed by atoms with Crippen molar-refractivity contribution in [2.75, 3.05) is 0 Å². The Hall–Kier alpha value is -1.66. The van der Waals surface area contributed by atoms with Crippen LogP contribution in [-0.2, 0) is 9.31 Å². The lowest BCUT2D eigenvalue weighted by molar-refractivity contribution is 0.00578. The van der Waals surface area contributed by atoms with Crippen molar-refractivity contribution in [2.24, 2.45) is 0 Å². The van der Waals surface area contributed by atoms with E-state index in [1.54, 1.807) is 32.0 Å². The number of nitrogens with zero attached hydrogens (tertiary/aromatic N) is 1. The van der Waals surface area contributed by atoms with Gasteiger partial charge in [-0.3, -0.25) is 0 Å². The Labute approximate surface area is 136 Å². The van der Waals surface area contributed by atoms with Gasteiger partial charge in [0.1, 0.15) is 17.3 Å². The number of halogens is 1. The summed E-state index contributed by atoms with van der Waals surface area (Å²) in [5.41, 5.74) is 1.07. The summed E-state index contributed by atoms with van der Waals surface area (Å²) in [6.45, 7) is 11.4. The molecule has 0 atom stereocenters. The highest BCUT2D eigenvalue weighted by Gasteiger charge is 2.53. The van der Waals surface area contributed by atoms with Gasteiger partial charge in [-0.2, -0.15) is 0 Å². The molecule has 0 spiro atoms. The van der Waals surface area contributed by atoms with Crippen molar-refractivity contribution in [1.82, 2.24) is 5.16 Å². The first-order valence-corrected chi connectivity index (χ1v) is 7.71. The number of hydrogen-bond donors (Lipinski definition) is 0. The number of hydrogen-bond acceptors (Lipinski definition) is 4. The van der Waals surface area contributed by atoms with Crippen molar-refractivity contribution in [2.45, 2.75) is 52.7 Å². The molecule has 1 aromatic carbocycles. The largest absolute Gasteiger partial charge is 0.500 e. The summed E-state index contributed by atoms with van der Waals surface area (Å²) in [6, 6.07) is 5.21. The van der Waals surface area contributed by atoms with E-state index < -0.39 is 18.3 Å². The lowest BCUT2D eigenvalue weighted by Gasteiger charge is -2.32. The van der Waals surface area contributed by atoms with Gasteiger partial charge >= 0.3 is 7.12 Å². The summed E-state index contributed by atoms with van der Waals surface area (Å²) in [5.74, 6) is 0.262. The van der Waals surface area contributed by atoms with Gasteiger partial charge in [-0.15, -0.1) is 0 Å². The molecule has 0 radical (unpaired) electrons. The Balaban J connectivity index is 2.10. The predicted molar refractivity (Wildman–Crippen MR) is 87.1 cm³/mol. The molecule has 1 aliphatic heterocycles. The zero-order valence-corrected chi connectivity index (χ0v) is 14.4. The summed E-state index contributed by atoms with van der Waals surface area (Å²) < 4.78 is 32.0. The standard InChI is InChI=1S/C17H21BFNO3/c1-10-8-7-9-12(14(10)19)15-13(11(2)21-20-15)18-22-16(3,4)17(5,6)23-18/h7-9H,1-6H3. The number of aryl methyl sites for hydroxylation is 2. The summed E-state index contributed by atoms with van der Waals surface area (Å²) in [6.07, 6.45) is 0. The van der Waals surface area contributed by atoms with Gasteiger partial charge in [0.25, 0.3) is 0 Å². The van der Waals surface area contributed by atoms with E-state index in [9.17, 15) is 4.39 Å². The fourth-order valence-corrected chi connectivity index (χ4v) is 2.64. The molecule has 1 aromatic heterocycles. The molecule has 0 unspecified atom stereocenters. The van der Waals surface area contributed by atoms with Gasteiger partial charge in [0.15, 0.2) is 0 Å². The highest BCUT2D eigenvalue weighted by molar-refractivity contribution is 6.64. The normalized spacial score (nSPS) is 19.3. The molecular weight excluding hydrogens is 296 g/mol. The summed E-state index contributed by atoms with van der Waals surface area (Å²) in [5, 5.41) is 4.05. The van der Waals surface area contributed by atoms with E-state index in [0.717, 1.165) is 0 Å². The van der Waals surface area contributed by atoms with Crippen LogP contribution in [0.4, 0.5) is 4.39 Å². The molecular formula is C17H21BFNO3. The van der Waals surface area contributed by atoms with Crippen LogP contribution >= 0.6 is 0 Å². The summed E-state index contributed by atoms with van der Waals surface area (Å²) in [4.78, 5) is 0. The van der Waals surface area contributed by atoms with E-state index in [1.165, 1.54) is 0 Å². The minimum atomic E-state index is -0.638. The molecule has 1 aliphatic rings. The van der Waals surface area contributed by atoms with Crippen molar-refractivity contribution in [3.05, 3.63) is 35.3 Å². The van der Waals surface area contributed by atoms with E-state index in [2.05, 4.69) is 5.16 Å². The third-order valence-electron chi connectivity index (χ3n) is 4.84. The van der Waals surface area contributed by atoms with Crippen LogP contribution in [0.5, 0.6) is 0 Å². The third-order valence-corrected chi connectivity index (χ3v) is 4.84. The van der Waals surface area contributed by atoms with Crippen molar-refractivity contribution in [3.8, 4) is 11.3 Å². The number of benzene rings is 1. The maximum absolute atomic E-state index is 14.5. The van der Waals surface area contributed by atoms with E-state index in [-0.39, 0.29) is 5.82 Å². The summed E-state index contributed by atoms with van der Waals surface area (Å²) in [7, 11) is -0.638. The van der Waals surface area contributed by atoms with E-state index in [0.29, 0.717) is 28.0 Å². The monoisotopic (exact) mass is 317 g/mol. The predicted octanol–water partition coefficient (Wildman–Crippen LogP) is 3.40. The quantitative estimate of drug-likeness (QED) is 0.797. The molecule has 0 bridgehead atoms. The second-order valence-electron chi connectivity index (χ2n) is 7.03. The second kappa shape index (κ2) is 5.18. The third kappa shape index (κ3) is 2.50. The zero-order valence-electron chi connectivity index (χ0n) is 14.4. The molecule has 3 rings (SSSR count). The Kier molecular flexibility index (Phi) is 3.65. The SMILES string of the molecule is Cc1cccc(-c2noc(C)c2B2OC(C)(C)C(C)(C)O2)c1F. The van der Waals surface area contributed by atoms with E-state index in [1.807, 2.05) is 27.7 Å². The van der Waals surface area contributed by atoms with Crippen LogP contribution in [0.2, 0.25) is 0 Å². The topological polar surface area (TPSA) is 44.5 Å². The van der Waals surface area contributed by atoms with Crippen LogP contribution < -0.4 is 5.46 Å². The minimum Gasteiger partial charge on any atom is -0.399 e. The van der Waals surface area contributed by atoms with Crippen LogP contribution in [0.15, 0.2) is 22.7 Å². The van der Waals surface area contributed by atoms with Gasteiger partial charge in [0.05, 0.1) is 16.7 Å². The lowest BCUT2D eigenvalue weighted by atomic mass is 9.76.